The molecule has 0 fully saturated rings. The maximum absolute atomic E-state index is 4.21. The Kier molecular flexibility index (Phi) is 32.6. The molecule has 0 amide bonds. The topological polar surface area (TPSA) is 55.3 Å². The Morgan fingerprint density at radius 3 is 0.964 bits per heavy atom. The second kappa shape index (κ2) is 27.5. The summed E-state index contributed by atoms with van der Waals surface area (Å²) in [5.41, 5.74) is 8.41. The van der Waals surface area contributed by atoms with Crippen molar-refractivity contribution in [3.63, 3.8) is 0 Å². The molecular weight excluding hydrogens is 387 g/mol. The van der Waals surface area contributed by atoms with Crippen molar-refractivity contribution >= 4 is 0 Å². The molecule has 0 rings (SSSR count). The number of quaternary nitrogens is 2. The maximum Gasteiger partial charge on any atom is 0.0768 e. The Morgan fingerprint density at radius 1 is 0.429 bits per heavy atom. The highest BCUT2D eigenvalue weighted by atomic mass is 35.5. The second-order valence-corrected chi connectivity index (χ2v) is 8.71. The van der Waals surface area contributed by atoms with Gasteiger partial charge in [-0.1, -0.05) is 104 Å². The summed E-state index contributed by atoms with van der Waals surface area (Å²) in [6, 6.07) is 0. The van der Waals surface area contributed by atoms with Crippen LogP contribution in [0.25, 0.3) is 0 Å². The van der Waals surface area contributed by atoms with E-state index in [2.05, 4.69) is 25.3 Å². The molecule has 0 saturated carbocycles. The molecule has 0 aromatic carbocycles. The highest BCUT2D eigenvalue weighted by Crippen LogP contribution is 2.20. The molecule has 0 aromatic heterocycles. The van der Waals surface area contributed by atoms with E-state index >= 15 is 0 Å². The van der Waals surface area contributed by atoms with Crippen molar-refractivity contribution in [1.82, 2.24) is 0 Å². The highest BCUT2D eigenvalue weighted by molar-refractivity contribution is 4.62. The Balaban J connectivity index is -0.00000312. The monoisotopic (exact) mass is 440 g/mol. The van der Waals surface area contributed by atoms with Crippen LogP contribution in [0.5, 0.6) is 0 Å². The molecule has 4 heteroatoms. The van der Waals surface area contributed by atoms with Crippen molar-refractivity contribution < 1.29 is 36.3 Å². The number of rotatable bonds is 21. The summed E-state index contributed by atoms with van der Waals surface area (Å²) in [7, 11) is 0. The maximum atomic E-state index is 4.21. The molecule has 0 aliphatic carbocycles. The second-order valence-electron chi connectivity index (χ2n) is 8.71. The van der Waals surface area contributed by atoms with Gasteiger partial charge in [-0.05, 0) is 25.7 Å². The molecular formula is C24H54Cl2N2. The van der Waals surface area contributed by atoms with Gasteiger partial charge in [0.05, 0.1) is 13.1 Å². The smallest absolute Gasteiger partial charge is 0.0768 e. The van der Waals surface area contributed by atoms with Gasteiger partial charge in [0.15, 0.2) is 0 Å². The summed E-state index contributed by atoms with van der Waals surface area (Å²) in [4.78, 5) is 0. The molecule has 0 radical (unpaired) electrons. The lowest BCUT2D eigenvalue weighted by atomic mass is 9.91. The molecule has 0 aliphatic heterocycles. The van der Waals surface area contributed by atoms with Crippen molar-refractivity contribution in [2.24, 2.45) is 11.8 Å². The summed E-state index contributed by atoms with van der Waals surface area (Å²) >= 11 is 0. The molecule has 2 unspecified atom stereocenters. The fraction of sp³-hybridized carbons (Fsp3) is 1.00. The minimum atomic E-state index is 0. The van der Waals surface area contributed by atoms with E-state index in [1.165, 1.54) is 116 Å². The van der Waals surface area contributed by atoms with Gasteiger partial charge in [-0.15, -0.1) is 0 Å². The molecule has 0 saturated heterocycles. The fourth-order valence-corrected chi connectivity index (χ4v) is 4.16. The Hall–Kier alpha value is 0.500. The van der Waals surface area contributed by atoms with E-state index in [1.807, 2.05) is 0 Å². The van der Waals surface area contributed by atoms with Gasteiger partial charge < -0.3 is 36.3 Å². The number of unbranched alkanes of at least 4 members (excludes halogenated alkanes) is 11. The Labute approximate surface area is 190 Å². The minimum absolute atomic E-state index is 0. The van der Waals surface area contributed by atoms with Crippen LogP contribution in [0.1, 0.15) is 129 Å². The SMILES string of the molecule is CCCCCCCCC(C[NH3+])CCCCC(C[NH3+])CCCCCCCC.[Cl-].[Cl-]. The lowest BCUT2D eigenvalue weighted by Crippen LogP contribution is -3.00. The zero-order valence-electron chi connectivity index (χ0n) is 19.5. The van der Waals surface area contributed by atoms with E-state index in [9.17, 15) is 0 Å². The average molecular weight is 442 g/mol. The van der Waals surface area contributed by atoms with Crippen molar-refractivity contribution in [3.8, 4) is 0 Å². The van der Waals surface area contributed by atoms with Crippen molar-refractivity contribution in [2.75, 3.05) is 13.1 Å². The molecule has 2 atom stereocenters. The molecule has 0 spiro atoms. The van der Waals surface area contributed by atoms with Gasteiger partial charge in [0.1, 0.15) is 0 Å². The summed E-state index contributed by atoms with van der Waals surface area (Å²) < 4.78 is 0. The molecule has 0 aromatic rings. The third-order valence-electron chi connectivity index (χ3n) is 6.22. The summed E-state index contributed by atoms with van der Waals surface area (Å²) in [6.45, 7) is 6.88. The number of hydrogen-bond acceptors (Lipinski definition) is 0. The quantitative estimate of drug-likeness (QED) is 0.231. The van der Waals surface area contributed by atoms with Crippen LogP contribution in [0, 0.1) is 11.8 Å². The van der Waals surface area contributed by atoms with Crippen LogP contribution < -0.4 is 36.3 Å². The van der Waals surface area contributed by atoms with Crippen molar-refractivity contribution in [1.29, 1.82) is 0 Å². The van der Waals surface area contributed by atoms with Gasteiger partial charge in [-0.3, -0.25) is 0 Å². The third kappa shape index (κ3) is 22.8. The summed E-state index contributed by atoms with van der Waals surface area (Å²) in [5, 5.41) is 0. The Bertz CT molecular complexity index is 239. The van der Waals surface area contributed by atoms with E-state index in [0.717, 1.165) is 24.9 Å². The molecule has 2 nitrogen and oxygen atoms in total. The van der Waals surface area contributed by atoms with Crippen LogP contribution in [0.2, 0.25) is 0 Å². The summed E-state index contributed by atoms with van der Waals surface area (Å²) in [5.74, 6) is 1.77. The molecule has 6 N–H and O–H groups in total. The fourth-order valence-electron chi connectivity index (χ4n) is 4.16. The largest absolute Gasteiger partial charge is 1.00 e. The Morgan fingerprint density at radius 2 is 0.679 bits per heavy atom. The van der Waals surface area contributed by atoms with E-state index in [-0.39, 0.29) is 24.8 Å². The van der Waals surface area contributed by atoms with Gasteiger partial charge >= 0.3 is 0 Å². The first kappa shape index (κ1) is 33.1. The lowest BCUT2D eigenvalue weighted by molar-refractivity contribution is -0.380. The normalized spacial score (nSPS) is 12.9. The van der Waals surface area contributed by atoms with Crippen molar-refractivity contribution in [3.05, 3.63) is 0 Å². The van der Waals surface area contributed by atoms with Gasteiger partial charge in [-0.25, -0.2) is 0 Å². The standard InChI is InChI=1S/C24H52N2.2ClH/c1-3-5-7-9-11-13-17-23(21-25)19-15-16-20-24(22-26)18-14-12-10-8-6-4-2;;/h23-24H,3-22,25-26H2,1-2H3;2*1H. The molecule has 0 aliphatic rings. The van der Waals surface area contributed by atoms with Crippen LogP contribution in [0.3, 0.4) is 0 Å². The average Bonchev–Trinajstić information content (AvgIpc) is 2.67. The van der Waals surface area contributed by atoms with E-state index in [0.29, 0.717) is 0 Å². The number of halogens is 2. The van der Waals surface area contributed by atoms with E-state index < -0.39 is 0 Å². The number of hydrogen-bond donors (Lipinski definition) is 2. The zero-order valence-corrected chi connectivity index (χ0v) is 21.0. The minimum Gasteiger partial charge on any atom is -1.00 e. The summed E-state index contributed by atoms with van der Waals surface area (Å²) in [6.07, 6.45) is 25.6. The van der Waals surface area contributed by atoms with Gasteiger partial charge in [0.25, 0.3) is 0 Å². The third-order valence-corrected chi connectivity index (χ3v) is 6.22. The first-order chi connectivity index (χ1) is 12.8. The van der Waals surface area contributed by atoms with Crippen molar-refractivity contribution in [2.45, 2.75) is 129 Å². The first-order valence-electron chi connectivity index (χ1n) is 12.4. The van der Waals surface area contributed by atoms with Crippen LogP contribution in [0.15, 0.2) is 0 Å². The van der Waals surface area contributed by atoms with Gasteiger partial charge in [0.2, 0.25) is 0 Å². The highest BCUT2D eigenvalue weighted by Gasteiger charge is 2.11. The zero-order chi connectivity index (χ0) is 19.3. The molecule has 0 heterocycles. The van der Waals surface area contributed by atoms with Crippen LogP contribution in [-0.2, 0) is 0 Å². The van der Waals surface area contributed by atoms with Crippen LogP contribution in [0.4, 0.5) is 0 Å². The molecule has 174 valence electrons. The van der Waals surface area contributed by atoms with E-state index in [4.69, 9.17) is 0 Å². The lowest BCUT2D eigenvalue weighted by Gasteiger charge is -2.15. The molecule has 28 heavy (non-hydrogen) atoms. The first-order valence-corrected chi connectivity index (χ1v) is 12.4. The predicted molar refractivity (Wildman–Crippen MR) is 117 cm³/mol. The molecule has 0 bridgehead atoms. The van der Waals surface area contributed by atoms with Gasteiger partial charge in [-0.2, -0.15) is 0 Å². The van der Waals surface area contributed by atoms with Gasteiger partial charge in [0, 0.05) is 11.8 Å². The van der Waals surface area contributed by atoms with Crippen LogP contribution in [-0.4, -0.2) is 13.1 Å². The van der Waals surface area contributed by atoms with Crippen LogP contribution >= 0.6 is 0 Å². The van der Waals surface area contributed by atoms with E-state index in [1.54, 1.807) is 0 Å². The predicted octanol–water partition coefficient (Wildman–Crippen LogP) is -0.228.